The molecule has 2 amide bonds. The molecule has 1 aliphatic heterocycles. The zero-order valence-corrected chi connectivity index (χ0v) is 10.8. The SMILES string of the molecule is CC1CN(C(=O)OC(C)(C)C)CCN1C(=O)O. The quantitative estimate of drug-likeness (QED) is 0.702. The molecule has 1 rings (SSSR count). The van der Waals surface area contributed by atoms with Crippen LogP contribution in [0.25, 0.3) is 0 Å². The van der Waals surface area contributed by atoms with Crippen LogP contribution in [0.15, 0.2) is 0 Å². The van der Waals surface area contributed by atoms with Crippen molar-refractivity contribution in [1.29, 1.82) is 0 Å². The van der Waals surface area contributed by atoms with Gasteiger partial charge in [-0.15, -0.1) is 0 Å². The molecular formula is C11H20N2O4. The fourth-order valence-electron chi connectivity index (χ4n) is 1.73. The molecule has 17 heavy (non-hydrogen) atoms. The van der Waals surface area contributed by atoms with Crippen molar-refractivity contribution in [1.82, 2.24) is 9.80 Å². The molecule has 6 nitrogen and oxygen atoms in total. The molecule has 1 heterocycles. The third kappa shape index (κ3) is 3.80. The highest BCUT2D eigenvalue weighted by molar-refractivity contribution is 5.70. The predicted molar refractivity (Wildman–Crippen MR) is 62.0 cm³/mol. The Morgan fingerprint density at radius 2 is 1.88 bits per heavy atom. The van der Waals surface area contributed by atoms with E-state index in [1.165, 1.54) is 4.90 Å². The van der Waals surface area contributed by atoms with Crippen molar-refractivity contribution in [3.05, 3.63) is 0 Å². The van der Waals surface area contributed by atoms with Crippen LogP contribution in [0.1, 0.15) is 27.7 Å². The van der Waals surface area contributed by atoms with Gasteiger partial charge < -0.3 is 19.6 Å². The van der Waals surface area contributed by atoms with Gasteiger partial charge in [0.15, 0.2) is 0 Å². The van der Waals surface area contributed by atoms with E-state index < -0.39 is 11.7 Å². The Morgan fingerprint density at radius 1 is 1.29 bits per heavy atom. The monoisotopic (exact) mass is 244 g/mol. The number of nitrogens with zero attached hydrogens (tertiary/aromatic N) is 2. The van der Waals surface area contributed by atoms with Gasteiger partial charge in [0.05, 0.1) is 6.04 Å². The van der Waals surface area contributed by atoms with Gasteiger partial charge in [0, 0.05) is 19.6 Å². The molecule has 0 bridgehead atoms. The lowest BCUT2D eigenvalue weighted by Crippen LogP contribution is -2.55. The number of amides is 2. The van der Waals surface area contributed by atoms with E-state index in [-0.39, 0.29) is 12.1 Å². The molecule has 0 aromatic heterocycles. The molecule has 0 saturated carbocycles. The molecule has 1 unspecified atom stereocenters. The van der Waals surface area contributed by atoms with Gasteiger partial charge in [-0.1, -0.05) is 0 Å². The maximum absolute atomic E-state index is 11.8. The Morgan fingerprint density at radius 3 is 2.29 bits per heavy atom. The van der Waals surface area contributed by atoms with Gasteiger partial charge in [-0.3, -0.25) is 0 Å². The number of rotatable bonds is 0. The van der Waals surface area contributed by atoms with Crippen LogP contribution in [0, 0.1) is 0 Å². The number of carbonyl (C=O) groups is 2. The van der Waals surface area contributed by atoms with Crippen LogP contribution in [0.2, 0.25) is 0 Å². The van der Waals surface area contributed by atoms with E-state index in [2.05, 4.69) is 0 Å². The van der Waals surface area contributed by atoms with Crippen molar-refractivity contribution in [3.8, 4) is 0 Å². The highest BCUT2D eigenvalue weighted by Gasteiger charge is 2.31. The molecule has 0 radical (unpaired) electrons. The maximum Gasteiger partial charge on any atom is 0.410 e. The van der Waals surface area contributed by atoms with E-state index in [1.807, 2.05) is 20.8 Å². The fourth-order valence-corrected chi connectivity index (χ4v) is 1.73. The minimum atomic E-state index is -0.943. The van der Waals surface area contributed by atoms with E-state index in [0.29, 0.717) is 19.6 Å². The van der Waals surface area contributed by atoms with Crippen molar-refractivity contribution >= 4 is 12.2 Å². The van der Waals surface area contributed by atoms with Crippen LogP contribution in [0.4, 0.5) is 9.59 Å². The molecule has 1 atom stereocenters. The third-order valence-electron chi connectivity index (χ3n) is 2.52. The number of carbonyl (C=O) groups excluding carboxylic acids is 1. The van der Waals surface area contributed by atoms with Gasteiger partial charge in [-0.25, -0.2) is 9.59 Å². The Balaban J connectivity index is 2.55. The van der Waals surface area contributed by atoms with Gasteiger partial charge in [0.25, 0.3) is 0 Å². The Bertz CT molecular complexity index is 311. The third-order valence-corrected chi connectivity index (χ3v) is 2.52. The molecular weight excluding hydrogens is 224 g/mol. The number of hydrogen-bond donors (Lipinski definition) is 1. The predicted octanol–water partition coefficient (Wildman–Crippen LogP) is 1.61. The Labute approximate surface area is 101 Å². The fraction of sp³-hybridized carbons (Fsp3) is 0.818. The van der Waals surface area contributed by atoms with Crippen LogP contribution in [0.3, 0.4) is 0 Å². The molecule has 0 aromatic carbocycles. The highest BCUT2D eigenvalue weighted by atomic mass is 16.6. The summed E-state index contributed by atoms with van der Waals surface area (Å²) in [5, 5.41) is 8.91. The van der Waals surface area contributed by atoms with Gasteiger partial charge in [0.2, 0.25) is 0 Å². The van der Waals surface area contributed by atoms with Crippen LogP contribution in [0.5, 0.6) is 0 Å². The van der Waals surface area contributed by atoms with Gasteiger partial charge >= 0.3 is 12.2 Å². The summed E-state index contributed by atoms with van der Waals surface area (Å²) in [6.45, 7) is 8.29. The largest absolute Gasteiger partial charge is 0.465 e. The molecule has 0 spiro atoms. The van der Waals surface area contributed by atoms with Crippen molar-refractivity contribution < 1.29 is 19.4 Å². The topological polar surface area (TPSA) is 70.1 Å². The summed E-state index contributed by atoms with van der Waals surface area (Å²) in [6.07, 6.45) is -1.32. The minimum Gasteiger partial charge on any atom is -0.465 e. The van der Waals surface area contributed by atoms with Crippen molar-refractivity contribution in [2.45, 2.75) is 39.3 Å². The number of piperazine rings is 1. The zero-order chi connectivity index (χ0) is 13.2. The highest BCUT2D eigenvalue weighted by Crippen LogP contribution is 2.14. The summed E-state index contributed by atoms with van der Waals surface area (Å²) >= 11 is 0. The number of hydrogen-bond acceptors (Lipinski definition) is 3. The van der Waals surface area contributed by atoms with E-state index >= 15 is 0 Å². The van der Waals surface area contributed by atoms with Crippen LogP contribution >= 0.6 is 0 Å². The smallest absolute Gasteiger partial charge is 0.410 e. The summed E-state index contributed by atoms with van der Waals surface area (Å²) < 4.78 is 5.24. The second-order valence-electron chi connectivity index (χ2n) is 5.25. The Kier molecular flexibility index (Phi) is 3.85. The van der Waals surface area contributed by atoms with Crippen molar-refractivity contribution in [2.75, 3.05) is 19.6 Å². The van der Waals surface area contributed by atoms with Gasteiger partial charge in [-0.2, -0.15) is 0 Å². The van der Waals surface area contributed by atoms with E-state index in [4.69, 9.17) is 9.84 Å². The Hall–Kier alpha value is -1.46. The van der Waals surface area contributed by atoms with Crippen LogP contribution in [-0.4, -0.2) is 58.4 Å². The average molecular weight is 244 g/mol. The van der Waals surface area contributed by atoms with Gasteiger partial charge in [0.1, 0.15) is 5.60 Å². The summed E-state index contributed by atoms with van der Waals surface area (Å²) in [7, 11) is 0. The standard InChI is InChI=1S/C11H20N2O4/c1-8-7-12(5-6-13(8)9(14)15)10(16)17-11(2,3)4/h8H,5-7H2,1-4H3,(H,14,15). The second kappa shape index (κ2) is 4.81. The zero-order valence-electron chi connectivity index (χ0n) is 10.8. The normalized spacial score (nSPS) is 21.3. The summed E-state index contributed by atoms with van der Waals surface area (Å²) in [6, 6.07) is -0.200. The van der Waals surface area contributed by atoms with E-state index in [9.17, 15) is 9.59 Å². The minimum absolute atomic E-state index is 0.200. The lowest BCUT2D eigenvalue weighted by Gasteiger charge is -2.38. The maximum atomic E-state index is 11.8. The van der Waals surface area contributed by atoms with Crippen molar-refractivity contribution in [3.63, 3.8) is 0 Å². The summed E-state index contributed by atoms with van der Waals surface area (Å²) in [5.41, 5.74) is -0.524. The van der Waals surface area contributed by atoms with E-state index in [0.717, 1.165) is 0 Å². The van der Waals surface area contributed by atoms with E-state index in [1.54, 1.807) is 11.8 Å². The molecule has 1 aliphatic rings. The first kappa shape index (κ1) is 13.6. The molecule has 1 fully saturated rings. The molecule has 1 N–H and O–H groups in total. The lowest BCUT2D eigenvalue weighted by molar-refractivity contribution is 0.00719. The van der Waals surface area contributed by atoms with Gasteiger partial charge in [-0.05, 0) is 27.7 Å². The number of carboxylic acid groups (broad SMARTS) is 1. The van der Waals surface area contributed by atoms with Crippen LogP contribution < -0.4 is 0 Å². The first-order chi connectivity index (χ1) is 7.70. The molecule has 0 aromatic rings. The first-order valence-electron chi connectivity index (χ1n) is 5.68. The average Bonchev–Trinajstić information content (AvgIpc) is 2.14. The summed E-state index contributed by atoms with van der Waals surface area (Å²) in [5.74, 6) is 0. The molecule has 1 saturated heterocycles. The first-order valence-corrected chi connectivity index (χ1v) is 5.68. The number of ether oxygens (including phenoxy) is 1. The lowest BCUT2D eigenvalue weighted by atomic mass is 10.2. The van der Waals surface area contributed by atoms with Crippen LogP contribution in [-0.2, 0) is 4.74 Å². The summed E-state index contributed by atoms with van der Waals surface area (Å²) in [4.78, 5) is 25.5. The molecule has 6 heteroatoms. The second-order valence-corrected chi connectivity index (χ2v) is 5.25. The van der Waals surface area contributed by atoms with Crippen molar-refractivity contribution in [2.24, 2.45) is 0 Å². The molecule has 0 aliphatic carbocycles. The molecule has 98 valence electrons.